The fourth-order valence-electron chi connectivity index (χ4n) is 3.19. The van der Waals surface area contributed by atoms with Gasteiger partial charge in [-0.05, 0) is 42.9 Å². The second-order valence-electron chi connectivity index (χ2n) is 6.08. The molecule has 0 radical (unpaired) electrons. The van der Waals surface area contributed by atoms with Gasteiger partial charge in [-0.3, -0.25) is 9.59 Å². The lowest BCUT2D eigenvalue weighted by Crippen LogP contribution is -2.43. The molecule has 1 saturated heterocycles. The van der Waals surface area contributed by atoms with Crippen LogP contribution in [0.3, 0.4) is 0 Å². The number of carbonyl (C=O) groups excluding carboxylic acids is 1. The zero-order valence-corrected chi connectivity index (χ0v) is 12.0. The van der Waals surface area contributed by atoms with E-state index in [1.165, 1.54) is 6.07 Å². The van der Waals surface area contributed by atoms with Gasteiger partial charge in [-0.25, -0.2) is 8.78 Å². The van der Waals surface area contributed by atoms with Crippen LogP contribution in [-0.4, -0.2) is 35.0 Å². The highest BCUT2D eigenvalue weighted by molar-refractivity contribution is 5.84. The molecule has 1 aromatic carbocycles. The van der Waals surface area contributed by atoms with E-state index in [0.717, 1.165) is 12.1 Å². The normalized spacial score (nSPS) is 27.5. The Labute approximate surface area is 126 Å². The number of hydrogen-bond acceptors (Lipinski definition) is 2. The topological polar surface area (TPSA) is 57.6 Å². The van der Waals surface area contributed by atoms with Gasteiger partial charge in [-0.1, -0.05) is 6.07 Å². The van der Waals surface area contributed by atoms with E-state index in [2.05, 4.69) is 0 Å². The number of carboxylic acid groups (broad SMARTS) is 1. The summed E-state index contributed by atoms with van der Waals surface area (Å²) in [6, 6.07) is 3.72. The van der Waals surface area contributed by atoms with Crippen LogP contribution in [0.15, 0.2) is 18.2 Å². The highest BCUT2D eigenvalue weighted by Gasteiger charge is 2.46. The quantitative estimate of drug-likeness (QED) is 0.932. The Morgan fingerprint density at radius 1 is 1.23 bits per heavy atom. The van der Waals surface area contributed by atoms with Crippen molar-refractivity contribution in [3.05, 3.63) is 35.4 Å². The molecule has 1 saturated carbocycles. The van der Waals surface area contributed by atoms with Crippen LogP contribution in [0.25, 0.3) is 0 Å². The Kier molecular flexibility index (Phi) is 3.85. The smallest absolute Gasteiger partial charge is 0.308 e. The summed E-state index contributed by atoms with van der Waals surface area (Å²) >= 11 is 0. The van der Waals surface area contributed by atoms with Gasteiger partial charge in [-0.2, -0.15) is 0 Å². The molecule has 3 atom stereocenters. The van der Waals surface area contributed by atoms with E-state index in [9.17, 15) is 18.4 Å². The lowest BCUT2D eigenvalue weighted by Gasteiger charge is -2.31. The summed E-state index contributed by atoms with van der Waals surface area (Å²) < 4.78 is 26.2. The molecule has 0 aromatic heterocycles. The molecule has 2 fully saturated rings. The van der Waals surface area contributed by atoms with Crippen LogP contribution >= 0.6 is 0 Å². The largest absolute Gasteiger partial charge is 0.481 e. The molecule has 1 aliphatic carbocycles. The van der Waals surface area contributed by atoms with Gasteiger partial charge in [0.25, 0.3) is 0 Å². The SMILES string of the molecule is O=C(O)[C@H]1CCCN(C(=O)[C@@H]2C[C@H]2c2ccc(F)c(F)c2)C1. The molecule has 1 N–H and O–H groups in total. The Hall–Kier alpha value is -1.98. The van der Waals surface area contributed by atoms with E-state index in [4.69, 9.17) is 5.11 Å². The molecule has 2 aliphatic rings. The molecule has 1 amide bonds. The van der Waals surface area contributed by atoms with Crippen LogP contribution < -0.4 is 0 Å². The monoisotopic (exact) mass is 309 g/mol. The molecule has 0 unspecified atom stereocenters. The zero-order chi connectivity index (χ0) is 15.9. The average Bonchev–Trinajstić information content (AvgIpc) is 3.30. The number of nitrogens with zero attached hydrogens (tertiary/aromatic N) is 1. The van der Waals surface area contributed by atoms with Crippen LogP contribution in [0.1, 0.15) is 30.7 Å². The predicted octanol–water partition coefficient (Wildman–Crippen LogP) is 2.39. The number of halogens is 2. The van der Waals surface area contributed by atoms with Crippen molar-refractivity contribution in [3.8, 4) is 0 Å². The van der Waals surface area contributed by atoms with E-state index in [0.29, 0.717) is 31.4 Å². The Morgan fingerprint density at radius 3 is 2.68 bits per heavy atom. The molecule has 1 aromatic rings. The van der Waals surface area contributed by atoms with E-state index in [1.54, 1.807) is 4.90 Å². The van der Waals surface area contributed by atoms with Crippen molar-refractivity contribution in [2.45, 2.75) is 25.2 Å². The van der Waals surface area contributed by atoms with Gasteiger partial charge in [0.2, 0.25) is 5.91 Å². The maximum absolute atomic E-state index is 13.3. The first-order valence-corrected chi connectivity index (χ1v) is 7.44. The standard InChI is InChI=1S/C16H17F2NO3/c17-13-4-3-9(6-14(13)18)11-7-12(11)15(20)19-5-1-2-10(8-19)16(21)22/h3-4,6,10-12H,1-2,5,7-8H2,(H,21,22)/t10-,11-,12+/m0/s1. The predicted molar refractivity (Wildman–Crippen MR) is 74.1 cm³/mol. The Morgan fingerprint density at radius 2 is 2.00 bits per heavy atom. The van der Waals surface area contributed by atoms with Crippen molar-refractivity contribution in [3.63, 3.8) is 0 Å². The minimum absolute atomic E-state index is 0.0688. The number of hydrogen-bond donors (Lipinski definition) is 1. The zero-order valence-electron chi connectivity index (χ0n) is 12.0. The number of carbonyl (C=O) groups is 2. The number of rotatable bonds is 3. The minimum Gasteiger partial charge on any atom is -0.481 e. The van der Waals surface area contributed by atoms with Gasteiger partial charge >= 0.3 is 5.97 Å². The molecule has 6 heteroatoms. The number of aliphatic carboxylic acids is 1. The van der Waals surface area contributed by atoms with Gasteiger partial charge in [0.05, 0.1) is 5.92 Å². The molecule has 118 valence electrons. The minimum atomic E-state index is -0.903. The number of carboxylic acids is 1. The lowest BCUT2D eigenvalue weighted by molar-refractivity contribution is -0.146. The lowest BCUT2D eigenvalue weighted by atomic mass is 9.97. The highest BCUT2D eigenvalue weighted by Crippen LogP contribution is 2.49. The van der Waals surface area contributed by atoms with Crippen molar-refractivity contribution in [1.82, 2.24) is 4.90 Å². The fraction of sp³-hybridized carbons (Fsp3) is 0.500. The second kappa shape index (κ2) is 5.66. The van der Waals surface area contributed by atoms with Crippen LogP contribution in [0.4, 0.5) is 8.78 Å². The summed E-state index contributed by atoms with van der Waals surface area (Å²) in [6.45, 7) is 0.818. The Bertz CT molecular complexity index is 619. The van der Waals surface area contributed by atoms with Crippen molar-refractivity contribution < 1.29 is 23.5 Å². The molecule has 22 heavy (non-hydrogen) atoms. The van der Waals surface area contributed by atoms with E-state index >= 15 is 0 Å². The highest BCUT2D eigenvalue weighted by atomic mass is 19.2. The van der Waals surface area contributed by atoms with E-state index < -0.39 is 23.5 Å². The second-order valence-corrected chi connectivity index (χ2v) is 6.08. The summed E-state index contributed by atoms with van der Waals surface area (Å²) in [4.78, 5) is 25.1. The third-order valence-corrected chi connectivity index (χ3v) is 4.56. The summed E-state index contributed by atoms with van der Waals surface area (Å²) in [7, 11) is 0. The fourth-order valence-corrected chi connectivity index (χ4v) is 3.19. The molecule has 1 aliphatic heterocycles. The molecular formula is C16H17F2NO3. The van der Waals surface area contributed by atoms with Crippen LogP contribution in [-0.2, 0) is 9.59 Å². The van der Waals surface area contributed by atoms with E-state index in [-0.39, 0.29) is 24.3 Å². The number of piperidine rings is 1. The van der Waals surface area contributed by atoms with Crippen LogP contribution in [0.5, 0.6) is 0 Å². The first-order chi connectivity index (χ1) is 10.5. The summed E-state index contributed by atoms with van der Waals surface area (Å²) in [5.74, 6) is -3.57. The number of likely N-dealkylation sites (tertiary alicyclic amines) is 1. The maximum Gasteiger partial charge on any atom is 0.308 e. The van der Waals surface area contributed by atoms with Crippen molar-refractivity contribution in [2.75, 3.05) is 13.1 Å². The number of benzene rings is 1. The summed E-state index contributed by atoms with van der Waals surface area (Å²) in [5.41, 5.74) is 0.629. The van der Waals surface area contributed by atoms with Gasteiger partial charge in [-0.15, -0.1) is 0 Å². The van der Waals surface area contributed by atoms with Crippen LogP contribution in [0, 0.1) is 23.5 Å². The van der Waals surface area contributed by atoms with Gasteiger partial charge in [0, 0.05) is 19.0 Å². The first-order valence-electron chi connectivity index (χ1n) is 7.44. The van der Waals surface area contributed by atoms with Gasteiger partial charge in [0.1, 0.15) is 0 Å². The molecular weight excluding hydrogens is 292 g/mol. The molecule has 3 rings (SSSR count). The molecule has 0 spiro atoms. The third-order valence-electron chi connectivity index (χ3n) is 4.56. The summed E-state index contributed by atoms with van der Waals surface area (Å²) in [6.07, 6.45) is 1.89. The average molecular weight is 309 g/mol. The van der Waals surface area contributed by atoms with Crippen molar-refractivity contribution >= 4 is 11.9 Å². The first kappa shape index (κ1) is 14.9. The molecule has 4 nitrogen and oxygen atoms in total. The van der Waals surface area contributed by atoms with Gasteiger partial charge < -0.3 is 10.0 Å². The van der Waals surface area contributed by atoms with Crippen molar-refractivity contribution in [1.29, 1.82) is 0 Å². The van der Waals surface area contributed by atoms with Gasteiger partial charge in [0.15, 0.2) is 11.6 Å². The summed E-state index contributed by atoms with van der Waals surface area (Å²) in [5, 5.41) is 9.06. The molecule has 1 heterocycles. The number of amides is 1. The maximum atomic E-state index is 13.3. The molecule has 0 bridgehead atoms. The Balaban J connectivity index is 1.65. The van der Waals surface area contributed by atoms with E-state index in [1.807, 2.05) is 0 Å². The van der Waals surface area contributed by atoms with Crippen molar-refractivity contribution in [2.24, 2.45) is 11.8 Å². The third kappa shape index (κ3) is 2.82. The van der Waals surface area contributed by atoms with Crippen LogP contribution in [0.2, 0.25) is 0 Å².